The number of pyridine rings is 1. The third-order valence-electron chi connectivity index (χ3n) is 3.76. The van der Waals surface area contributed by atoms with Gasteiger partial charge in [-0.15, -0.1) is 0 Å². The molecule has 0 aliphatic rings. The topological polar surface area (TPSA) is 106 Å². The lowest BCUT2D eigenvalue weighted by Gasteiger charge is -2.20. The fraction of sp³-hybridized carbons (Fsp3) is 0.176. The van der Waals surface area contributed by atoms with Crippen LogP contribution in [0.1, 0.15) is 22.0 Å². The molecule has 1 atom stereocenters. The third-order valence-corrected chi connectivity index (χ3v) is 4.25. The van der Waals surface area contributed by atoms with Crippen LogP contribution in [0.2, 0.25) is 0 Å². The number of halogens is 1. The Kier molecular flexibility index (Phi) is 5.20. The van der Waals surface area contributed by atoms with Crippen molar-refractivity contribution >= 4 is 38.7 Å². The van der Waals surface area contributed by atoms with Gasteiger partial charge in [-0.25, -0.2) is 9.97 Å². The number of carbonyl (C=O) groups is 1. The van der Waals surface area contributed by atoms with Crippen molar-refractivity contribution < 1.29 is 4.79 Å². The van der Waals surface area contributed by atoms with Gasteiger partial charge in [-0.3, -0.25) is 9.78 Å². The van der Waals surface area contributed by atoms with E-state index in [2.05, 4.69) is 41.5 Å². The molecule has 25 heavy (non-hydrogen) atoms. The van der Waals surface area contributed by atoms with Crippen LogP contribution >= 0.6 is 15.9 Å². The van der Waals surface area contributed by atoms with Gasteiger partial charge in [0.25, 0.3) is 5.91 Å². The van der Waals surface area contributed by atoms with E-state index >= 15 is 0 Å². The van der Waals surface area contributed by atoms with Gasteiger partial charge in [0, 0.05) is 17.2 Å². The van der Waals surface area contributed by atoms with Gasteiger partial charge in [-0.2, -0.15) is 0 Å². The third kappa shape index (κ3) is 3.75. The number of carbonyl (C=O) groups excluding carboxylic acids is 1. The maximum Gasteiger partial charge on any atom is 0.251 e. The quantitative estimate of drug-likeness (QED) is 0.585. The van der Waals surface area contributed by atoms with Crippen molar-refractivity contribution in [3.8, 4) is 0 Å². The minimum absolute atomic E-state index is 0.0420. The van der Waals surface area contributed by atoms with Gasteiger partial charge in [0.05, 0.1) is 11.6 Å². The molecule has 0 saturated heterocycles. The normalized spacial score (nSPS) is 12.1. The molecular weight excluding hydrogens is 384 g/mol. The summed E-state index contributed by atoms with van der Waals surface area (Å²) in [5.41, 5.74) is 7.78. The summed E-state index contributed by atoms with van der Waals surface area (Å²) >= 11 is 3.49. The van der Waals surface area contributed by atoms with Crippen LogP contribution in [0.4, 0.5) is 5.82 Å². The number of anilines is 1. The molecule has 128 valence electrons. The van der Waals surface area contributed by atoms with Crippen molar-refractivity contribution in [2.24, 2.45) is 5.73 Å². The molecule has 0 unspecified atom stereocenters. The zero-order valence-electron chi connectivity index (χ0n) is 13.5. The second-order valence-corrected chi connectivity index (χ2v) is 6.37. The minimum atomic E-state index is -0.546. The second kappa shape index (κ2) is 7.54. The zero-order chi connectivity index (χ0) is 17.8. The Morgan fingerprint density at radius 1 is 1.24 bits per heavy atom. The molecule has 2 aromatic heterocycles. The van der Waals surface area contributed by atoms with Crippen molar-refractivity contribution in [2.45, 2.75) is 6.04 Å². The van der Waals surface area contributed by atoms with Gasteiger partial charge in [-0.05, 0) is 30.8 Å². The first-order chi connectivity index (χ1) is 12.1. The molecule has 0 bridgehead atoms. The van der Waals surface area contributed by atoms with Crippen LogP contribution in [0, 0.1) is 0 Å². The Morgan fingerprint density at radius 2 is 2.08 bits per heavy atom. The van der Waals surface area contributed by atoms with Crippen LogP contribution in [0.5, 0.6) is 0 Å². The summed E-state index contributed by atoms with van der Waals surface area (Å²) in [5.74, 6) is 0.00383. The van der Waals surface area contributed by atoms with Crippen molar-refractivity contribution in [1.29, 1.82) is 0 Å². The summed E-state index contributed by atoms with van der Waals surface area (Å²) in [6, 6.07) is 9.54. The molecule has 3 rings (SSSR count). The average molecular weight is 401 g/mol. The van der Waals surface area contributed by atoms with Crippen LogP contribution in [0.3, 0.4) is 0 Å². The average Bonchev–Trinajstić information content (AvgIpc) is 2.61. The zero-order valence-corrected chi connectivity index (χ0v) is 15.1. The number of hydrogen-bond donors (Lipinski definition) is 3. The minimum Gasteiger partial charge on any atom is -0.366 e. The molecule has 0 saturated carbocycles. The van der Waals surface area contributed by atoms with Crippen molar-refractivity contribution in [3.63, 3.8) is 0 Å². The molecule has 0 aliphatic carbocycles. The van der Waals surface area contributed by atoms with Crippen LogP contribution in [0.25, 0.3) is 11.0 Å². The Bertz CT molecular complexity index is 917. The number of nitrogens with two attached hydrogens (primary N) is 1. The maximum absolute atomic E-state index is 11.6. The number of rotatable bonds is 6. The molecule has 1 aromatic carbocycles. The molecule has 0 fully saturated rings. The lowest BCUT2D eigenvalue weighted by atomic mass is 10.1. The number of hydrogen-bond acceptors (Lipinski definition) is 6. The number of fused-ring (bicyclic) bond motifs is 1. The molecular formula is C17H17BrN6O. The van der Waals surface area contributed by atoms with E-state index in [1.807, 2.05) is 31.3 Å². The lowest BCUT2D eigenvalue weighted by molar-refractivity contribution is 0.100. The Morgan fingerprint density at radius 3 is 2.80 bits per heavy atom. The first kappa shape index (κ1) is 17.2. The fourth-order valence-electron chi connectivity index (χ4n) is 2.61. The lowest BCUT2D eigenvalue weighted by Crippen LogP contribution is -2.24. The molecule has 0 spiro atoms. The Balaban J connectivity index is 2.03. The van der Waals surface area contributed by atoms with Crippen molar-refractivity contribution in [3.05, 3.63) is 58.5 Å². The molecule has 8 heteroatoms. The van der Waals surface area contributed by atoms with Gasteiger partial charge in [0.1, 0.15) is 17.4 Å². The molecule has 0 aliphatic heterocycles. The van der Waals surface area contributed by atoms with Crippen molar-refractivity contribution in [2.75, 3.05) is 18.9 Å². The number of primary amides is 1. The highest BCUT2D eigenvalue weighted by Crippen LogP contribution is 2.25. The number of nitrogens with one attached hydrogen (secondary N) is 2. The SMILES string of the molecule is CNC[C@@H](Nc1ncnc2c(C(N)=O)ccnc12)c1cccc(Br)c1. The summed E-state index contributed by atoms with van der Waals surface area (Å²) in [6.07, 6.45) is 2.93. The first-order valence-corrected chi connectivity index (χ1v) is 8.45. The van der Waals surface area contributed by atoms with Crippen molar-refractivity contribution in [1.82, 2.24) is 20.3 Å². The largest absolute Gasteiger partial charge is 0.366 e. The van der Waals surface area contributed by atoms with E-state index in [0.717, 1.165) is 10.0 Å². The van der Waals surface area contributed by atoms with Gasteiger partial charge in [0.15, 0.2) is 5.82 Å². The highest BCUT2D eigenvalue weighted by atomic mass is 79.9. The number of amides is 1. The Labute approximate surface area is 153 Å². The monoisotopic (exact) mass is 400 g/mol. The molecule has 4 N–H and O–H groups in total. The summed E-state index contributed by atoms with van der Waals surface area (Å²) < 4.78 is 0.995. The molecule has 3 aromatic rings. The summed E-state index contributed by atoms with van der Waals surface area (Å²) in [6.45, 7) is 0.678. The number of benzene rings is 1. The number of aromatic nitrogens is 3. The highest BCUT2D eigenvalue weighted by molar-refractivity contribution is 9.10. The smallest absolute Gasteiger partial charge is 0.251 e. The van der Waals surface area contributed by atoms with E-state index in [9.17, 15) is 4.79 Å². The number of likely N-dealkylation sites (N-methyl/N-ethyl adjacent to an activating group) is 1. The van der Waals surface area contributed by atoms with Gasteiger partial charge in [-0.1, -0.05) is 28.1 Å². The van der Waals surface area contributed by atoms with Crippen LogP contribution in [-0.2, 0) is 0 Å². The molecule has 1 amide bonds. The van der Waals surface area contributed by atoms with E-state index < -0.39 is 5.91 Å². The number of nitrogens with zero attached hydrogens (tertiary/aromatic N) is 3. The van der Waals surface area contributed by atoms with Crippen LogP contribution in [0.15, 0.2) is 47.3 Å². The molecule has 2 heterocycles. The van der Waals surface area contributed by atoms with E-state index in [1.165, 1.54) is 12.5 Å². The van der Waals surface area contributed by atoms with Gasteiger partial charge < -0.3 is 16.4 Å². The van der Waals surface area contributed by atoms with Gasteiger partial charge in [0.2, 0.25) is 0 Å². The molecule has 0 radical (unpaired) electrons. The predicted octanol–water partition coefficient (Wildman–Crippen LogP) is 2.26. The van der Waals surface area contributed by atoms with E-state index in [4.69, 9.17) is 5.73 Å². The second-order valence-electron chi connectivity index (χ2n) is 5.45. The standard InChI is InChI=1S/C17H17BrN6O/c1-20-8-13(10-3-2-4-11(18)7-10)24-17-15-14(22-9-23-17)12(16(19)25)5-6-21-15/h2-7,9,13,20H,8H2,1H3,(H2,19,25)(H,22,23,24)/t13-/m1/s1. The van der Waals surface area contributed by atoms with E-state index in [0.29, 0.717) is 29.0 Å². The maximum atomic E-state index is 11.6. The molecule has 7 nitrogen and oxygen atoms in total. The summed E-state index contributed by atoms with van der Waals surface area (Å²) in [4.78, 5) is 24.4. The Hall–Kier alpha value is -2.58. The highest BCUT2D eigenvalue weighted by Gasteiger charge is 2.16. The summed E-state index contributed by atoms with van der Waals surface area (Å²) in [5, 5.41) is 6.55. The van der Waals surface area contributed by atoms with Crippen LogP contribution in [-0.4, -0.2) is 34.5 Å². The van der Waals surface area contributed by atoms with E-state index in [-0.39, 0.29) is 6.04 Å². The first-order valence-electron chi connectivity index (χ1n) is 7.66. The predicted molar refractivity (Wildman–Crippen MR) is 100 cm³/mol. The van der Waals surface area contributed by atoms with Crippen LogP contribution < -0.4 is 16.4 Å². The summed E-state index contributed by atoms with van der Waals surface area (Å²) in [7, 11) is 1.88. The van der Waals surface area contributed by atoms with E-state index in [1.54, 1.807) is 6.07 Å². The van der Waals surface area contributed by atoms with Gasteiger partial charge >= 0.3 is 0 Å². The fourth-order valence-corrected chi connectivity index (χ4v) is 3.03.